The van der Waals surface area contributed by atoms with E-state index in [-0.39, 0.29) is 11.9 Å². The van der Waals surface area contributed by atoms with Gasteiger partial charge in [-0.2, -0.15) is 0 Å². The van der Waals surface area contributed by atoms with Crippen LogP contribution in [0.15, 0.2) is 22.7 Å². The molecule has 0 aliphatic carbocycles. The summed E-state index contributed by atoms with van der Waals surface area (Å²) in [6.07, 6.45) is 0. The summed E-state index contributed by atoms with van der Waals surface area (Å²) in [6.45, 7) is 7.74. The lowest BCUT2D eigenvalue weighted by molar-refractivity contribution is -0.136. The van der Waals surface area contributed by atoms with Crippen molar-refractivity contribution < 1.29 is 4.79 Å². The summed E-state index contributed by atoms with van der Waals surface area (Å²) in [4.78, 5) is 16.6. The van der Waals surface area contributed by atoms with E-state index in [0.717, 1.165) is 23.2 Å². The van der Waals surface area contributed by atoms with Crippen LogP contribution in [0.1, 0.15) is 32.4 Å². The Kier molecular flexibility index (Phi) is 4.63. The molecular weight excluding hydrogens is 330 g/mol. The molecule has 1 unspecified atom stereocenters. The molecule has 1 saturated heterocycles. The van der Waals surface area contributed by atoms with Gasteiger partial charge >= 0.3 is 0 Å². The molecule has 1 aliphatic rings. The van der Waals surface area contributed by atoms with E-state index < -0.39 is 5.54 Å². The summed E-state index contributed by atoms with van der Waals surface area (Å²) in [5.41, 5.74) is 1.81. The summed E-state index contributed by atoms with van der Waals surface area (Å²) < 4.78 is 1.06. The number of carbonyl (C=O) groups is 1. The maximum atomic E-state index is 12.5. The number of amides is 1. The topological polar surface area (TPSA) is 35.6 Å². The van der Waals surface area contributed by atoms with E-state index in [1.807, 2.05) is 38.9 Å². The number of rotatable bonds is 3. The fraction of sp³-hybridized carbons (Fsp3) is 0.562. The van der Waals surface area contributed by atoms with Crippen LogP contribution in [-0.4, -0.2) is 43.5 Å². The lowest BCUT2D eigenvalue weighted by Gasteiger charge is -2.47. The van der Waals surface area contributed by atoms with Crippen molar-refractivity contribution in [3.05, 3.63) is 28.2 Å². The van der Waals surface area contributed by atoms with E-state index in [2.05, 4.69) is 45.2 Å². The number of anilines is 1. The first kappa shape index (κ1) is 16.3. The smallest absolute Gasteiger partial charge is 0.247 e. The Morgan fingerprint density at radius 3 is 2.62 bits per heavy atom. The first-order chi connectivity index (χ1) is 9.78. The lowest BCUT2D eigenvalue weighted by atomic mass is 9.94. The summed E-state index contributed by atoms with van der Waals surface area (Å²) in [7, 11) is 3.83. The quantitative estimate of drug-likeness (QED) is 0.907. The third-order valence-corrected chi connectivity index (χ3v) is 4.88. The van der Waals surface area contributed by atoms with Crippen LogP contribution in [0.5, 0.6) is 0 Å². The molecule has 1 aromatic rings. The van der Waals surface area contributed by atoms with Gasteiger partial charge in [0.25, 0.3) is 0 Å². The molecule has 4 nitrogen and oxygen atoms in total. The average molecular weight is 354 g/mol. The largest absolute Gasteiger partial charge is 0.355 e. The van der Waals surface area contributed by atoms with Crippen LogP contribution < -0.4 is 10.2 Å². The number of nitrogens with one attached hydrogen (secondary N) is 1. The van der Waals surface area contributed by atoms with Crippen LogP contribution in [0.2, 0.25) is 0 Å². The number of carbonyl (C=O) groups excluding carboxylic acids is 1. The number of nitrogens with zero attached hydrogens (tertiary/aromatic N) is 2. The van der Waals surface area contributed by atoms with Crippen LogP contribution >= 0.6 is 15.9 Å². The van der Waals surface area contributed by atoms with Crippen molar-refractivity contribution in [2.75, 3.05) is 32.1 Å². The van der Waals surface area contributed by atoms with Crippen molar-refractivity contribution >= 4 is 27.5 Å². The van der Waals surface area contributed by atoms with Crippen LogP contribution in [0.25, 0.3) is 0 Å². The minimum absolute atomic E-state index is 0.166. The van der Waals surface area contributed by atoms with Crippen molar-refractivity contribution in [2.45, 2.75) is 32.4 Å². The summed E-state index contributed by atoms with van der Waals surface area (Å²) >= 11 is 3.55. The normalized spacial score (nSPS) is 19.8. The molecule has 1 atom stereocenters. The van der Waals surface area contributed by atoms with Gasteiger partial charge in [0.15, 0.2) is 0 Å². The van der Waals surface area contributed by atoms with Gasteiger partial charge in [0.2, 0.25) is 5.91 Å². The molecule has 5 heteroatoms. The van der Waals surface area contributed by atoms with Gasteiger partial charge in [-0.1, -0.05) is 15.9 Å². The maximum Gasteiger partial charge on any atom is 0.247 e. The highest BCUT2D eigenvalue weighted by atomic mass is 79.9. The molecule has 1 fully saturated rings. The Balaban J connectivity index is 2.48. The predicted octanol–water partition coefficient (Wildman–Crippen LogP) is 2.79. The molecule has 0 saturated carbocycles. The zero-order chi connectivity index (χ0) is 15.8. The molecule has 0 spiro atoms. The fourth-order valence-corrected chi connectivity index (χ4v) is 3.29. The van der Waals surface area contributed by atoms with Crippen molar-refractivity contribution in [1.82, 2.24) is 10.2 Å². The summed E-state index contributed by atoms with van der Waals surface area (Å²) in [5.74, 6) is 0.166. The van der Waals surface area contributed by atoms with Crippen molar-refractivity contribution in [1.29, 1.82) is 0 Å². The number of hydrogen-bond donors (Lipinski definition) is 1. The number of benzene rings is 1. The molecular formula is C16H24BrN3O. The summed E-state index contributed by atoms with van der Waals surface area (Å²) in [5, 5.41) is 3.29. The number of halogens is 1. The molecule has 116 valence electrons. The molecule has 1 amide bonds. The molecule has 1 aliphatic heterocycles. The van der Waals surface area contributed by atoms with Gasteiger partial charge in [-0.15, -0.1) is 0 Å². The van der Waals surface area contributed by atoms with Gasteiger partial charge in [-0.25, -0.2) is 0 Å². The van der Waals surface area contributed by atoms with E-state index >= 15 is 0 Å². The van der Waals surface area contributed by atoms with Gasteiger partial charge < -0.3 is 15.1 Å². The highest BCUT2D eigenvalue weighted by molar-refractivity contribution is 9.10. The third kappa shape index (κ3) is 2.94. The Morgan fingerprint density at radius 2 is 2.00 bits per heavy atom. The maximum absolute atomic E-state index is 12.5. The van der Waals surface area contributed by atoms with Crippen LogP contribution in [0.4, 0.5) is 5.69 Å². The highest BCUT2D eigenvalue weighted by Crippen LogP contribution is 2.35. The average Bonchev–Trinajstić information content (AvgIpc) is 2.45. The molecule has 1 aromatic carbocycles. The van der Waals surface area contributed by atoms with Crippen LogP contribution in [0.3, 0.4) is 0 Å². The number of piperazine rings is 1. The van der Waals surface area contributed by atoms with Gasteiger partial charge in [-0.3, -0.25) is 4.79 Å². The standard InChI is InChI=1S/C16H24BrN3O/c1-11(18-4)13-10-12(17)6-7-14(13)20-9-8-19(5)15(21)16(20,2)3/h6-7,10-11,18H,8-9H2,1-5H3. The zero-order valence-corrected chi connectivity index (χ0v) is 15.0. The number of hydrogen-bond acceptors (Lipinski definition) is 3. The Hall–Kier alpha value is -1.07. The SMILES string of the molecule is CNC(C)c1cc(Br)ccc1N1CCN(C)C(=O)C1(C)C. The second-order valence-electron chi connectivity index (χ2n) is 6.15. The van der Waals surface area contributed by atoms with E-state index in [0.29, 0.717) is 0 Å². The molecule has 21 heavy (non-hydrogen) atoms. The molecule has 1 heterocycles. The molecule has 0 aromatic heterocycles. The van der Waals surface area contributed by atoms with Gasteiger partial charge in [0.05, 0.1) is 0 Å². The Bertz CT molecular complexity index is 544. The Labute approximate surface area is 135 Å². The molecule has 1 N–H and O–H groups in total. The zero-order valence-electron chi connectivity index (χ0n) is 13.4. The van der Waals surface area contributed by atoms with Gasteiger partial charge in [-0.05, 0) is 51.6 Å². The van der Waals surface area contributed by atoms with Crippen molar-refractivity contribution in [3.8, 4) is 0 Å². The first-order valence-corrected chi connectivity index (χ1v) is 8.08. The minimum Gasteiger partial charge on any atom is -0.355 e. The van der Waals surface area contributed by atoms with E-state index in [9.17, 15) is 4.79 Å². The van der Waals surface area contributed by atoms with Gasteiger partial charge in [0.1, 0.15) is 5.54 Å². The van der Waals surface area contributed by atoms with Gasteiger partial charge in [0, 0.05) is 36.3 Å². The van der Waals surface area contributed by atoms with Crippen LogP contribution in [0, 0.1) is 0 Å². The monoisotopic (exact) mass is 353 g/mol. The summed E-state index contributed by atoms with van der Waals surface area (Å²) in [6, 6.07) is 6.51. The van der Waals surface area contributed by atoms with Crippen LogP contribution in [-0.2, 0) is 4.79 Å². The lowest BCUT2D eigenvalue weighted by Crippen LogP contribution is -2.62. The second kappa shape index (κ2) is 5.97. The highest BCUT2D eigenvalue weighted by Gasteiger charge is 2.41. The van der Waals surface area contributed by atoms with E-state index in [1.165, 1.54) is 5.56 Å². The molecule has 0 radical (unpaired) electrons. The number of likely N-dealkylation sites (N-methyl/N-ethyl adjacent to an activating group) is 1. The minimum atomic E-state index is -0.525. The van der Waals surface area contributed by atoms with E-state index in [1.54, 1.807) is 0 Å². The van der Waals surface area contributed by atoms with Crippen molar-refractivity contribution in [2.24, 2.45) is 0 Å². The third-order valence-electron chi connectivity index (χ3n) is 4.38. The Morgan fingerprint density at radius 1 is 1.33 bits per heavy atom. The first-order valence-electron chi connectivity index (χ1n) is 7.29. The molecule has 2 rings (SSSR count). The van der Waals surface area contributed by atoms with E-state index in [4.69, 9.17) is 0 Å². The predicted molar refractivity (Wildman–Crippen MR) is 90.7 cm³/mol. The van der Waals surface area contributed by atoms with Crippen molar-refractivity contribution in [3.63, 3.8) is 0 Å². The fourth-order valence-electron chi connectivity index (χ4n) is 2.91. The molecule has 0 bridgehead atoms. The second-order valence-corrected chi connectivity index (χ2v) is 7.07.